The molecule has 8 nitrogen and oxygen atoms in total. The summed E-state index contributed by atoms with van der Waals surface area (Å²) in [5.41, 5.74) is 8.72. The molecular formula is C25H25F3N4O4. The molecule has 0 spiro atoms. The number of alkyl halides is 3. The van der Waals surface area contributed by atoms with Gasteiger partial charge in [0, 0.05) is 19.7 Å². The van der Waals surface area contributed by atoms with Crippen LogP contribution in [0.15, 0.2) is 66.7 Å². The topological polar surface area (TPSA) is 97.1 Å². The van der Waals surface area contributed by atoms with Crippen molar-refractivity contribution in [3.05, 3.63) is 72.3 Å². The van der Waals surface area contributed by atoms with Crippen molar-refractivity contribution in [1.29, 1.82) is 0 Å². The van der Waals surface area contributed by atoms with E-state index < -0.39 is 18.4 Å². The fourth-order valence-electron chi connectivity index (χ4n) is 3.33. The van der Waals surface area contributed by atoms with E-state index >= 15 is 0 Å². The number of amides is 2. The second-order valence-electron chi connectivity index (χ2n) is 7.73. The maximum atomic E-state index is 12.8. The van der Waals surface area contributed by atoms with Crippen LogP contribution in [0.4, 0.5) is 35.0 Å². The summed E-state index contributed by atoms with van der Waals surface area (Å²) < 4.78 is 46.1. The average Bonchev–Trinajstić information content (AvgIpc) is 2.80. The first-order chi connectivity index (χ1) is 17.0. The Labute approximate surface area is 206 Å². The summed E-state index contributed by atoms with van der Waals surface area (Å²) in [6.07, 6.45) is -5.33. The molecule has 3 N–H and O–H groups in total. The van der Waals surface area contributed by atoms with E-state index in [1.165, 1.54) is 29.3 Å². The van der Waals surface area contributed by atoms with Gasteiger partial charge in [-0.1, -0.05) is 18.2 Å². The molecule has 3 aromatic carbocycles. The van der Waals surface area contributed by atoms with Gasteiger partial charge >= 0.3 is 12.5 Å². The lowest BCUT2D eigenvalue weighted by molar-refractivity contribution is -0.274. The van der Waals surface area contributed by atoms with Crippen molar-refractivity contribution < 1.29 is 32.2 Å². The molecule has 11 heteroatoms. The Morgan fingerprint density at radius 3 is 2.11 bits per heavy atom. The van der Waals surface area contributed by atoms with Crippen LogP contribution in [0.25, 0.3) is 11.1 Å². The molecule has 36 heavy (non-hydrogen) atoms. The van der Waals surface area contributed by atoms with Gasteiger partial charge in [-0.05, 0) is 66.6 Å². The highest BCUT2D eigenvalue weighted by Crippen LogP contribution is 2.30. The maximum absolute atomic E-state index is 12.8. The third-order valence-electron chi connectivity index (χ3n) is 4.94. The lowest BCUT2D eigenvalue weighted by atomic mass is 10.0. The minimum atomic E-state index is -4.78. The standard InChI is InChI=1S/C25H25F3N4O4/c1-4-35-24(34)32(31(2)3)19-10-5-17(6-11-19)23(33)30-22-15-18(9-14-21(22)29)16-7-12-20(13-8-16)36-25(26,27)28/h5-15H,4,29H2,1-3H3,(H,30,33). The highest BCUT2D eigenvalue weighted by Gasteiger charge is 2.31. The average molecular weight is 502 g/mol. The summed E-state index contributed by atoms with van der Waals surface area (Å²) in [7, 11) is 3.37. The van der Waals surface area contributed by atoms with Crippen LogP contribution in [0.1, 0.15) is 17.3 Å². The first kappa shape index (κ1) is 26.4. The highest BCUT2D eigenvalue weighted by molar-refractivity contribution is 6.06. The molecule has 0 bridgehead atoms. The number of carbonyl (C=O) groups is 2. The van der Waals surface area contributed by atoms with Crippen LogP contribution in [0, 0.1) is 0 Å². The van der Waals surface area contributed by atoms with Gasteiger partial charge in [-0.2, -0.15) is 0 Å². The zero-order valence-electron chi connectivity index (χ0n) is 19.8. The number of hydrogen-bond acceptors (Lipinski definition) is 6. The van der Waals surface area contributed by atoms with E-state index in [9.17, 15) is 22.8 Å². The molecule has 0 heterocycles. The number of nitrogen functional groups attached to an aromatic ring is 1. The van der Waals surface area contributed by atoms with E-state index in [2.05, 4.69) is 10.1 Å². The third kappa shape index (κ3) is 6.66. The molecular weight excluding hydrogens is 477 g/mol. The highest BCUT2D eigenvalue weighted by atomic mass is 19.4. The van der Waals surface area contributed by atoms with Crippen molar-refractivity contribution in [3.63, 3.8) is 0 Å². The summed E-state index contributed by atoms with van der Waals surface area (Å²) in [6, 6.07) is 16.6. The molecule has 0 aliphatic rings. The van der Waals surface area contributed by atoms with Crippen molar-refractivity contribution in [2.24, 2.45) is 0 Å². The molecule has 0 unspecified atom stereocenters. The van der Waals surface area contributed by atoms with Gasteiger partial charge in [-0.25, -0.2) is 14.8 Å². The van der Waals surface area contributed by atoms with E-state index in [4.69, 9.17) is 10.5 Å². The summed E-state index contributed by atoms with van der Waals surface area (Å²) >= 11 is 0. The lowest BCUT2D eigenvalue weighted by Crippen LogP contribution is -2.42. The van der Waals surface area contributed by atoms with Crippen LogP contribution in [-0.2, 0) is 4.74 Å². The first-order valence-corrected chi connectivity index (χ1v) is 10.8. The van der Waals surface area contributed by atoms with E-state index in [0.717, 1.165) is 0 Å². The Hall–Kier alpha value is -4.25. The quantitative estimate of drug-likeness (QED) is 0.326. The fraction of sp³-hybridized carbons (Fsp3) is 0.200. The van der Waals surface area contributed by atoms with Crippen LogP contribution in [0.3, 0.4) is 0 Å². The van der Waals surface area contributed by atoms with Crippen LogP contribution in [0.5, 0.6) is 5.75 Å². The Morgan fingerprint density at radius 2 is 1.56 bits per heavy atom. The number of halogens is 3. The number of rotatable bonds is 7. The van der Waals surface area contributed by atoms with Gasteiger partial charge in [0.1, 0.15) is 5.75 Å². The molecule has 0 fully saturated rings. The number of anilines is 3. The van der Waals surface area contributed by atoms with E-state index in [0.29, 0.717) is 33.8 Å². The smallest absolute Gasteiger partial charge is 0.448 e. The normalized spacial score (nSPS) is 11.2. The number of nitrogens with zero attached hydrogens (tertiary/aromatic N) is 2. The second kappa shape index (κ2) is 11.0. The summed E-state index contributed by atoms with van der Waals surface area (Å²) in [4.78, 5) is 25.1. The number of nitrogens with one attached hydrogen (secondary N) is 1. The Kier molecular flexibility index (Phi) is 8.05. The van der Waals surface area contributed by atoms with E-state index in [-0.39, 0.29) is 12.4 Å². The third-order valence-corrected chi connectivity index (χ3v) is 4.94. The summed E-state index contributed by atoms with van der Waals surface area (Å²) in [5, 5.41) is 5.61. The molecule has 0 radical (unpaired) electrons. The van der Waals surface area contributed by atoms with Crippen molar-refractivity contribution >= 4 is 29.1 Å². The second-order valence-corrected chi connectivity index (χ2v) is 7.73. The van der Waals surface area contributed by atoms with Gasteiger partial charge in [0.25, 0.3) is 5.91 Å². The molecule has 2 amide bonds. The number of hydrogen-bond donors (Lipinski definition) is 2. The van der Waals surface area contributed by atoms with Crippen LogP contribution >= 0.6 is 0 Å². The minimum absolute atomic E-state index is 0.218. The first-order valence-electron chi connectivity index (χ1n) is 10.8. The predicted molar refractivity (Wildman–Crippen MR) is 131 cm³/mol. The fourth-order valence-corrected chi connectivity index (χ4v) is 3.33. The van der Waals surface area contributed by atoms with Crippen molar-refractivity contribution in [2.75, 3.05) is 36.8 Å². The Bertz CT molecular complexity index is 1210. The van der Waals surface area contributed by atoms with Crippen LogP contribution < -0.4 is 20.8 Å². The molecule has 3 aromatic rings. The molecule has 0 aliphatic heterocycles. The maximum Gasteiger partial charge on any atom is 0.573 e. The number of carbonyl (C=O) groups excluding carboxylic acids is 2. The Balaban J connectivity index is 1.77. The summed E-state index contributed by atoms with van der Waals surface area (Å²) in [5.74, 6) is -0.777. The number of nitrogens with two attached hydrogens (primary N) is 1. The molecule has 0 aliphatic carbocycles. The van der Waals surface area contributed by atoms with Crippen molar-refractivity contribution in [1.82, 2.24) is 5.01 Å². The monoisotopic (exact) mass is 502 g/mol. The number of ether oxygens (including phenoxy) is 2. The van der Waals surface area contributed by atoms with Crippen molar-refractivity contribution in [2.45, 2.75) is 13.3 Å². The van der Waals surface area contributed by atoms with Crippen LogP contribution in [0.2, 0.25) is 0 Å². The minimum Gasteiger partial charge on any atom is -0.448 e. The lowest BCUT2D eigenvalue weighted by Gasteiger charge is -2.27. The van der Waals surface area contributed by atoms with Gasteiger partial charge in [0.2, 0.25) is 0 Å². The Morgan fingerprint density at radius 1 is 0.944 bits per heavy atom. The molecule has 3 rings (SSSR count). The van der Waals surface area contributed by atoms with Gasteiger partial charge in [0.15, 0.2) is 0 Å². The molecule has 0 saturated carbocycles. The molecule has 190 valence electrons. The molecule has 0 saturated heterocycles. The van der Waals surface area contributed by atoms with E-state index in [1.807, 2.05) is 0 Å². The number of benzene rings is 3. The predicted octanol–water partition coefficient (Wildman–Crippen LogP) is 5.53. The molecule has 0 aromatic heterocycles. The SMILES string of the molecule is CCOC(=O)N(c1ccc(C(=O)Nc2cc(-c3ccc(OC(F)(F)F)cc3)ccc2N)cc1)N(C)C. The number of hydrazine groups is 1. The largest absolute Gasteiger partial charge is 0.573 e. The zero-order valence-corrected chi connectivity index (χ0v) is 19.8. The van der Waals surface area contributed by atoms with Crippen LogP contribution in [-0.4, -0.2) is 44.1 Å². The zero-order chi connectivity index (χ0) is 26.5. The van der Waals surface area contributed by atoms with Gasteiger partial charge < -0.3 is 20.5 Å². The van der Waals surface area contributed by atoms with E-state index in [1.54, 1.807) is 68.5 Å². The van der Waals surface area contributed by atoms with Gasteiger partial charge in [0.05, 0.1) is 23.7 Å². The van der Waals surface area contributed by atoms with Gasteiger partial charge in [-0.15, -0.1) is 13.2 Å². The molecule has 0 atom stereocenters. The summed E-state index contributed by atoms with van der Waals surface area (Å²) in [6.45, 7) is 1.92. The van der Waals surface area contributed by atoms with Gasteiger partial charge in [-0.3, -0.25) is 4.79 Å². The van der Waals surface area contributed by atoms with Crippen molar-refractivity contribution in [3.8, 4) is 16.9 Å².